The zero-order chi connectivity index (χ0) is 32.4. The SMILES string of the molecule is Cc1cc(C(C)c2ccc(-c3ccc(Oc4ccc(N)cc4)c(Cl)c3)c(C)c2)ccc1-c1ccc(Oc2ccc(N)cc2)c(Cl)c1. The highest BCUT2D eigenvalue weighted by Gasteiger charge is 2.15. The van der Waals surface area contributed by atoms with E-state index in [1.165, 1.54) is 22.3 Å². The van der Waals surface area contributed by atoms with Gasteiger partial charge >= 0.3 is 0 Å². The summed E-state index contributed by atoms with van der Waals surface area (Å²) in [6.45, 7) is 6.51. The fraction of sp³-hybridized carbons (Fsp3) is 0.100. The third kappa shape index (κ3) is 6.84. The van der Waals surface area contributed by atoms with Crippen molar-refractivity contribution in [3.05, 3.63) is 154 Å². The van der Waals surface area contributed by atoms with Crippen molar-refractivity contribution in [2.24, 2.45) is 0 Å². The Bertz CT molecular complexity index is 1880. The minimum atomic E-state index is 0.207. The molecule has 0 aliphatic rings. The lowest BCUT2D eigenvalue weighted by Gasteiger charge is -2.18. The van der Waals surface area contributed by atoms with Crippen LogP contribution in [0.2, 0.25) is 10.0 Å². The first-order valence-corrected chi connectivity index (χ1v) is 15.8. The standard InChI is InChI=1S/C40H34Cl2N2O2/c1-24-20-27(4-16-35(24)29-6-18-39(37(41)22-29)45-33-12-8-31(43)9-13-33)26(3)28-5-17-36(25(2)21-28)30-7-19-40(38(42)23-30)46-34-14-10-32(44)11-15-34/h4-23,26H,43-44H2,1-3H3. The Hall–Kier alpha value is -4.90. The minimum Gasteiger partial charge on any atom is -0.456 e. The van der Waals surface area contributed by atoms with Crippen LogP contribution in [0, 0.1) is 13.8 Å². The predicted octanol–water partition coefficient (Wildman–Crippen LogP) is 11.8. The quantitative estimate of drug-likeness (QED) is 0.162. The van der Waals surface area contributed by atoms with Crippen LogP contribution < -0.4 is 20.9 Å². The van der Waals surface area contributed by atoms with Gasteiger partial charge in [0.2, 0.25) is 0 Å². The molecule has 0 aliphatic carbocycles. The number of rotatable bonds is 8. The molecule has 0 aromatic heterocycles. The molecule has 0 radical (unpaired) electrons. The Morgan fingerprint density at radius 3 is 1.24 bits per heavy atom. The molecule has 0 atom stereocenters. The van der Waals surface area contributed by atoms with Crippen molar-refractivity contribution >= 4 is 34.6 Å². The summed E-state index contributed by atoms with van der Waals surface area (Å²) in [5.41, 5.74) is 22.1. The van der Waals surface area contributed by atoms with Gasteiger partial charge in [-0.2, -0.15) is 0 Å². The van der Waals surface area contributed by atoms with Gasteiger partial charge in [-0.25, -0.2) is 0 Å². The average Bonchev–Trinajstić information content (AvgIpc) is 3.04. The van der Waals surface area contributed by atoms with Crippen molar-refractivity contribution in [3.8, 4) is 45.3 Å². The van der Waals surface area contributed by atoms with Gasteiger partial charge in [0.25, 0.3) is 0 Å². The molecule has 6 heteroatoms. The van der Waals surface area contributed by atoms with Crippen LogP contribution in [0.1, 0.15) is 35.1 Å². The second-order valence-corrected chi connectivity index (χ2v) is 12.3. The summed E-state index contributed by atoms with van der Waals surface area (Å²) >= 11 is 13.3. The number of anilines is 2. The van der Waals surface area contributed by atoms with Crippen molar-refractivity contribution < 1.29 is 9.47 Å². The Labute approximate surface area is 280 Å². The number of hydrogen-bond donors (Lipinski definition) is 2. The summed E-state index contributed by atoms with van der Waals surface area (Å²) in [5.74, 6) is 2.77. The molecule has 0 saturated heterocycles. The van der Waals surface area contributed by atoms with E-state index >= 15 is 0 Å². The molecule has 6 rings (SSSR count). The van der Waals surface area contributed by atoms with Crippen LogP contribution in [0.3, 0.4) is 0 Å². The number of nitrogens with two attached hydrogens (primary N) is 2. The number of ether oxygens (including phenoxy) is 2. The normalized spacial score (nSPS) is 11.1. The summed E-state index contributed by atoms with van der Waals surface area (Å²) in [6.07, 6.45) is 0. The summed E-state index contributed by atoms with van der Waals surface area (Å²) in [6, 6.07) is 39.5. The van der Waals surface area contributed by atoms with Crippen LogP contribution in [-0.2, 0) is 0 Å². The molecule has 230 valence electrons. The smallest absolute Gasteiger partial charge is 0.146 e. The number of hydrogen-bond acceptors (Lipinski definition) is 4. The Morgan fingerprint density at radius 2 is 0.891 bits per heavy atom. The maximum absolute atomic E-state index is 6.63. The number of halogens is 2. The molecule has 0 amide bonds. The van der Waals surface area contributed by atoms with Gasteiger partial charge in [-0.3, -0.25) is 0 Å². The first-order chi connectivity index (χ1) is 22.1. The Balaban J connectivity index is 1.17. The monoisotopic (exact) mass is 644 g/mol. The van der Waals surface area contributed by atoms with Crippen LogP contribution in [0.15, 0.2) is 121 Å². The molecule has 6 aromatic carbocycles. The fourth-order valence-electron chi connectivity index (χ4n) is 5.58. The van der Waals surface area contributed by atoms with Crippen molar-refractivity contribution in [2.75, 3.05) is 11.5 Å². The molecule has 0 bridgehead atoms. The highest BCUT2D eigenvalue weighted by molar-refractivity contribution is 6.32. The first kappa shape index (κ1) is 31.1. The van der Waals surface area contributed by atoms with Crippen molar-refractivity contribution in [1.29, 1.82) is 0 Å². The van der Waals surface area contributed by atoms with Crippen LogP contribution in [0.4, 0.5) is 11.4 Å². The number of benzene rings is 6. The molecule has 0 fully saturated rings. The van der Waals surface area contributed by atoms with E-state index in [9.17, 15) is 0 Å². The van der Waals surface area contributed by atoms with E-state index in [0.29, 0.717) is 44.4 Å². The van der Waals surface area contributed by atoms with E-state index in [0.717, 1.165) is 22.3 Å². The number of aryl methyl sites for hydroxylation is 2. The zero-order valence-corrected chi connectivity index (χ0v) is 27.4. The van der Waals surface area contributed by atoms with E-state index < -0.39 is 0 Å². The first-order valence-electron chi connectivity index (χ1n) is 15.0. The van der Waals surface area contributed by atoms with Gasteiger partial charge in [-0.15, -0.1) is 0 Å². The van der Waals surface area contributed by atoms with E-state index in [1.807, 2.05) is 60.7 Å². The van der Waals surface area contributed by atoms with E-state index in [-0.39, 0.29) is 5.92 Å². The highest BCUT2D eigenvalue weighted by Crippen LogP contribution is 2.38. The van der Waals surface area contributed by atoms with Gasteiger partial charge in [-0.05, 0) is 131 Å². The Morgan fingerprint density at radius 1 is 0.500 bits per heavy atom. The molecule has 0 spiro atoms. The summed E-state index contributed by atoms with van der Waals surface area (Å²) in [7, 11) is 0. The van der Waals surface area contributed by atoms with Gasteiger partial charge in [-0.1, -0.05) is 78.7 Å². The van der Waals surface area contributed by atoms with Crippen LogP contribution >= 0.6 is 23.2 Å². The minimum absolute atomic E-state index is 0.207. The highest BCUT2D eigenvalue weighted by atomic mass is 35.5. The van der Waals surface area contributed by atoms with Crippen LogP contribution in [0.25, 0.3) is 22.3 Å². The van der Waals surface area contributed by atoms with E-state index in [2.05, 4.69) is 57.2 Å². The maximum Gasteiger partial charge on any atom is 0.146 e. The summed E-state index contributed by atoms with van der Waals surface area (Å²) in [4.78, 5) is 0. The molecular weight excluding hydrogens is 611 g/mol. The molecule has 0 unspecified atom stereocenters. The second-order valence-electron chi connectivity index (χ2n) is 11.5. The fourth-order valence-corrected chi connectivity index (χ4v) is 6.02. The molecule has 0 aliphatic heterocycles. The van der Waals surface area contributed by atoms with Crippen molar-refractivity contribution in [3.63, 3.8) is 0 Å². The van der Waals surface area contributed by atoms with Crippen LogP contribution in [-0.4, -0.2) is 0 Å². The van der Waals surface area contributed by atoms with Gasteiger partial charge in [0.1, 0.15) is 23.0 Å². The lowest BCUT2D eigenvalue weighted by molar-refractivity contribution is 0.483. The predicted molar refractivity (Wildman–Crippen MR) is 193 cm³/mol. The largest absolute Gasteiger partial charge is 0.456 e. The van der Waals surface area contributed by atoms with E-state index in [1.54, 1.807) is 24.3 Å². The molecule has 4 nitrogen and oxygen atoms in total. The zero-order valence-electron chi connectivity index (χ0n) is 25.9. The van der Waals surface area contributed by atoms with Crippen LogP contribution in [0.5, 0.6) is 23.0 Å². The average molecular weight is 646 g/mol. The van der Waals surface area contributed by atoms with Crippen molar-refractivity contribution in [2.45, 2.75) is 26.7 Å². The second kappa shape index (κ2) is 13.2. The maximum atomic E-state index is 6.63. The molecule has 4 N–H and O–H groups in total. The molecule has 0 saturated carbocycles. The molecule has 6 aromatic rings. The lowest BCUT2D eigenvalue weighted by Crippen LogP contribution is -1.99. The van der Waals surface area contributed by atoms with Gasteiger partial charge in [0.15, 0.2) is 0 Å². The topological polar surface area (TPSA) is 70.5 Å². The van der Waals surface area contributed by atoms with Gasteiger partial charge in [0.05, 0.1) is 10.0 Å². The molecule has 0 heterocycles. The number of nitrogen functional groups attached to an aromatic ring is 2. The summed E-state index contributed by atoms with van der Waals surface area (Å²) in [5, 5.41) is 1.10. The summed E-state index contributed by atoms with van der Waals surface area (Å²) < 4.78 is 11.9. The third-order valence-corrected chi connectivity index (χ3v) is 8.79. The molecular formula is C40H34Cl2N2O2. The Kier molecular flexibility index (Phi) is 8.94. The van der Waals surface area contributed by atoms with Crippen molar-refractivity contribution in [1.82, 2.24) is 0 Å². The lowest BCUT2D eigenvalue weighted by atomic mass is 9.87. The van der Waals surface area contributed by atoms with Gasteiger partial charge < -0.3 is 20.9 Å². The molecule has 46 heavy (non-hydrogen) atoms. The third-order valence-electron chi connectivity index (χ3n) is 8.20. The van der Waals surface area contributed by atoms with Gasteiger partial charge in [0, 0.05) is 17.3 Å². The van der Waals surface area contributed by atoms with E-state index in [4.69, 9.17) is 44.1 Å².